The van der Waals surface area contributed by atoms with E-state index < -0.39 is 23.1 Å². The average Bonchev–Trinajstić information content (AvgIpc) is 2.09. The van der Waals surface area contributed by atoms with Crippen molar-refractivity contribution in [3.63, 3.8) is 0 Å². The average molecular weight is 215 g/mol. The molecule has 1 aromatic rings. The largest absolute Gasteiger partial charge is 0.381 e. The number of amides is 1. The maximum Gasteiger partial charge on any atom is 0.255 e. The van der Waals surface area contributed by atoms with Crippen LogP contribution in [0.25, 0.3) is 0 Å². The standard InChI is InChI=1S/C10H11F2NO2/c1-10(2,15)9(14)13-8-5-6(11)3-4-7(8)12/h3-5,15H,1-2H3,(H,13,14). The van der Waals surface area contributed by atoms with Crippen LogP contribution >= 0.6 is 0 Å². The van der Waals surface area contributed by atoms with Crippen LogP contribution in [0, 0.1) is 11.6 Å². The highest BCUT2D eigenvalue weighted by molar-refractivity contribution is 5.96. The lowest BCUT2D eigenvalue weighted by Crippen LogP contribution is -2.36. The molecule has 0 bridgehead atoms. The van der Waals surface area contributed by atoms with Gasteiger partial charge in [0.2, 0.25) is 0 Å². The molecule has 1 rings (SSSR count). The molecule has 0 heterocycles. The van der Waals surface area contributed by atoms with Crippen LogP contribution in [0.3, 0.4) is 0 Å². The lowest BCUT2D eigenvalue weighted by Gasteiger charge is -2.16. The molecule has 0 atom stereocenters. The van der Waals surface area contributed by atoms with E-state index in [4.69, 9.17) is 0 Å². The van der Waals surface area contributed by atoms with Crippen molar-refractivity contribution in [2.45, 2.75) is 19.4 Å². The molecule has 0 saturated heterocycles. The van der Waals surface area contributed by atoms with E-state index in [9.17, 15) is 18.7 Å². The molecule has 82 valence electrons. The van der Waals surface area contributed by atoms with Gasteiger partial charge in [0.25, 0.3) is 5.91 Å². The highest BCUT2D eigenvalue weighted by Gasteiger charge is 2.24. The molecule has 1 aromatic carbocycles. The van der Waals surface area contributed by atoms with Gasteiger partial charge in [-0.25, -0.2) is 8.78 Å². The fourth-order valence-corrected chi connectivity index (χ4v) is 0.869. The molecular weight excluding hydrogens is 204 g/mol. The van der Waals surface area contributed by atoms with Gasteiger partial charge in [0.05, 0.1) is 5.69 Å². The first kappa shape index (κ1) is 11.6. The third-order valence-electron chi connectivity index (χ3n) is 1.73. The topological polar surface area (TPSA) is 49.3 Å². The van der Waals surface area contributed by atoms with Crippen LogP contribution in [0.4, 0.5) is 14.5 Å². The first-order valence-electron chi connectivity index (χ1n) is 4.29. The quantitative estimate of drug-likeness (QED) is 0.788. The molecule has 0 unspecified atom stereocenters. The van der Waals surface area contributed by atoms with E-state index in [2.05, 4.69) is 5.32 Å². The van der Waals surface area contributed by atoms with E-state index in [1.165, 1.54) is 13.8 Å². The molecule has 0 spiro atoms. The predicted octanol–water partition coefficient (Wildman–Crippen LogP) is 1.67. The van der Waals surface area contributed by atoms with Gasteiger partial charge in [-0.05, 0) is 26.0 Å². The van der Waals surface area contributed by atoms with Crippen molar-refractivity contribution in [1.29, 1.82) is 0 Å². The van der Waals surface area contributed by atoms with E-state index in [0.29, 0.717) is 0 Å². The van der Waals surface area contributed by atoms with E-state index >= 15 is 0 Å². The lowest BCUT2D eigenvalue weighted by molar-refractivity contribution is -0.130. The highest BCUT2D eigenvalue weighted by Crippen LogP contribution is 2.16. The van der Waals surface area contributed by atoms with Crippen molar-refractivity contribution in [3.8, 4) is 0 Å². The van der Waals surface area contributed by atoms with Gasteiger partial charge in [0.1, 0.15) is 17.2 Å². The second kappa shape index (κ2) is 3.94. The summed E-state index contributed by atoms with van der Waals surface area (Å²) < 4.78 is 25.8. The van der Waals surface area contributed by atoms with Gasteiger partial charge in [0, 0.05) is 6.07 Å². The Morgan fingerprint density at radius 2 is 2.00 bits per heavy atom. The monoisotopic (exact) mass is 215 g/mol. The number of rotatable bonds is 2. The molecule has 3 nitrogen and oxygen atoms in total. The SMILES string of the molecule is CC(C)(O)C(=O)Nc1cc(F)ccc1F. The van der Waals surface area contributed by atoms with Gasteiger partial charge in [-0.15, -0.1) is 0 Å². The zero-order valence-corrected chi connectivity index (χ0v) is 8.34. The molecule has 1 amide bonds. The van der Waals surface area contributed by atoms with Crippen LogP contribution in [-0.4, -0.2) is 16.6 Å². The Hall–Kier alpha value is -1.49. The number of anilines is 1. The molecule has 0 aliphatic heterocycles. The number of halogens is 2. The predicted molar refractivity (Wildman–Crippen MR) is 51.3 cm³/mol. The minimum absolute atomic E-state index is 0.290. The minimum atomic E-state index is -1.64. The van der Waals surface area contributed by atoms with Crippen LogP contribution < -0.4 is 5.32 Å². The number of aliphatic hydroxyl groups is 1. The second-order valence-electron chi connectivity index (χ2n) is 3.64. The Kier molecular flexibility index (Phi) is 3.04. The van der Waals surface area contributed by atoms with Crippen molar-refractivity contribution in [2.24, 2.45) is 0 Å². The maximum absolute atomic E-state index is 13.1. The summed E-state index contributed by atoms with van der Waals surface area (Å²) in [5.74, 6) is -2.22. The summed E-state index contributed by atoms with van der Waals surface area (Å²) in [5.41, 5.74) is -1.93. The van der Waals surface area contributed by atoms with Gasteiger partial charge in [-0.3, -0.25) is 4.79 Å². The molecule has 0 aliphatic carbocycles. The Bertz CT molecular complexity index is 385. The van der Waals surface area contributed by atoms with Gasteiger partial charge in [-0.2, -0.15) is 0 Å². The second-order valence-corrected chi connectivity index (χ2v) is 3.64. The normalized spacial score (nSPS) is 11.3. The van der Waals surface area contributed by atoms with Crippen molar-refractivity contribution in [2.75, 3.05) is 5.32 Å². The van der Waals surface area contributed by atoms with Gasteiger partial charge in [0.15, 0.2) is 0 Å². The van der Waals surface area contributed by atoms with E-state index in [-0.39, 0.29) is 5.69 Å². The van der Waals surface area contributed by atoms with Crippen LogP contribution in [-0.2, 0) is 4.79 Å². The summed E-state index contributed by atoms with van der Waals surface area (Å²) in [6.07, 6.45) is 0. The van der Waals surface area contributed by atoms with Crippen LogP contribution in [0.5, 0.6) is 0 Å². The molecule has 0 fully saturated rings. The number of nitrogens with one attached hydrogen (secondary N) is 1. The number of carbonyl (C=O) groups is 1. The fraction of sp³-hybridized carbons (Fsp3) is 0.300. The molecule has 15 heavy (non-hydrogen) atoms. The number of hydrogen-bond acceptors (Lipinski definition) is 2. The Morgan fingerprint density at radius 3 is 2.53 bits per heavy atom. The van der Waals surface area contributed by atoms with Gasteiger partial charge < -0.3 is 10.4 Å². The molecular formula is C10H11F2NO2. The van der Waals surface area contributed by atoms with Crippen molar-refractivity contribution in [1.82, 2.24) is 0 Å². The Morgan fingerprint density at radius 1 is 1.40 bits per heavy atom. The fourth-order valence-electron chi connectivity index (χ4n) is 0.869. The number of hydrogen-bond donors (Lipinski definition) is 2. The van der Waals surface area contributed by atoms with Crippen LogP contribution in [0.2, 0.25) is 0 Å². The van der Waals surface area contributed by atoms with Crippen molar-refractivity contribution >= 4 is 11.6 Å². The van der Waals surface area contributed by atoms with Gasteiger partial charge >= 0.3 is 0 Å². The molecule has 0 aromatic heterocycles. The number of carbonyl (C=O) groups excluding carboxylic acids is 1. The third-order valence-corrected chi connectivity index (χ3v) is 1.73. The molecule has 0 radical (unpaired) electrons. The summed E-state index contributed by atoms with van der Waals surface area (Å²) >= 11 is 0. The zero-order chi connectivity index (χ0) is 11.6. The Balaban J connectivity index is 2.90. The highest BCUT2D eigenvalue weighted by atomic mass is 19.1. The summed E-state index contributed by atoms with van der Waals surface area (Å²) in [6.45, 7) is 2.50. The smallest absolute Gasteiger partial charge is 0.255 e. The van der Waals surface area contributed by atoms with E-state index in [1.54, 1.807) is 0 Å². The lowest BCUT2D eigenvalue weighted by atomic mass is 10.1. The molecule has 2 N–H and O–H groups in total. The van der Waals surface area contributed by atoms with Crippen LogP contribution in [0.15, 0.2) is 18.2 Å². The summed E-state index contributed by atoms with van der Waals surface area (Å²) in [5, 5.41) is 11.4. The summed E-state index contributed by atoms with van der Waals surface area (Å²) in [7, 11) is 0. The molecule has 5 heteroatoms. The van der Waals surface area contributed by atoms with Gasteiger partial charge in [-0.1, -0.05) is 0 Å². The minimum Gasteiger partial charge on any atom is -0.381 e. The van der Waals surface area contributed by atoms with Crippen molar-refractivity contribution in [3.05, 3.63) is 29.8 Å². The first-order valence-corrected chi connectivity index (χ1v) is 4.29. The Labute approximate surface area is 85.7 Å². The van der Waals surface area contributed by atoms with E-state index in [1.807, 2.05) is 0 Å². The van der Waals surface area contributed by atoms with E-state index in [0.717, 1.165) is 18.2 Å². The summed E-state index contributed by atoms with van der Waals surface area (Å²) in [4.78, 5) is 11.2. The zero-order valence-electron chi connectivity index (χ0n) is 8.34. The molecule has 0 saturated carbocycles. The van der Waals surface area contributed by atoms with Crippen LogP contribution in [0.1, 0.15) is 13.8 Å². The maximum atomic E-state index is 13.1. The van der Waals surface area contributed by atoms with Crippen molar-refractivity contribution < 1.29 is 18.7 Å². The summed E-state index contributed by atoms with van der Waals surface area (Å²) in [6, 6.07) is 2.68. The molecule has 0 aliphatic rings. The first-order chi connectivity index (χ1) is 6.80. The number of benzene rings is 1. The third kappa shape index (κ3) is 2.99.